The largest absolute Gasteiger partial charge is 0.347 e. The number of imidazole rings is 1. The zero-order valence-corrected chi connectivity index (χ0v) is 27.6. The zero-order chi connectivity index (χ0) is 33.4. The summed E-state index contributed by atoms with van der Waals surface area (Å²) in [5.74, 6) is -3.60. The predicted octanol–water partition coefficient (Wildman–Crippen LogP) is 1.99. The van der Waals surface area contributed by atoms with Crippen molar-refractivity contribution >= 4 is 35.3 Å². The number of likely N-dealkylation sites (tertiary alicyclic amines) is 1. The molecule has 2 saturated carbocycles. The normalized spacial score (nSPS) is 22.1. The Morgan fingerprint density at radius 3 is 2.26 bits per heavy atom. The molecular formula is C33H51N7O6. The van der Waals surface area contributed by atoms with Gasteiger partial charge in [0.1, 0.15) is 18.1 Å². The van der Waals surface area contributed by atoms with Crippen LogP contribution < -0.4 is 21.3 Å². The molecule has 2 aliphatic carbocycles. The Kier molecular flexibility index (Phi) is 12.3. The molecule has 1 saturated heterocycles. The van der Waals surface area contributed by atoms with Gasteiger partial charge in [-0.05, 0) is 56.3 Å². The second-order valence-corrected chi connectivity index (χ2v) is 13.4. The van der Waals surface area contributed by atoms with Crippen molar-refractivity contribution in [2.75, 3.05) is 6.54 Å². The summed E-state index contributed by atoms with van der Waals surface area (Å²) in [5, 5.41) is 11.3. The maximum absolute atomic E-state index is 14.2. The van der Waals surface area contributed by atoms with Gasteiger partial charge < -0.3 is 31.2 Å². The van der Waals surface area contributed by atoms with Gasteiger partial charge in [-0.1, -0.05) is 59.8 Å². The highest BCUT2D eigenvalue weighted by Gasteiger charge is 2.45. The number of rotatable bonds is 15. The van der Waals surface area contributed by atoms with Crippen molar-refractivity contribution in [3.63, 3.8) is 0 Å². The van der Waals surface area contributed by atoms with Crippen LogP contribution in [0.5, 0.6) is 0 Å². The average Bonchev–Trinajstić information content (AvgIpc) is 3.49. The first-order valence-corrected chi connectivity index (χ1v) is 17.1. The Morgan fingerprint density at radius 1 is 0.957 bits per heavy atom. The van der Waals surface area contributed by atoms with Crippen molar-refractivity contribution < 1.29 is 28.8 Å². The number of ketones is 1. The highest BCUT2D eigenvalue weighted by Crippen LogP contribution is 2.30. The van der Waals surface area contributed by atoms with Gasteiger partial charge in [0.05, 0.1) is 6.04 Å². The van der Waals surface area contributed by atoms with Crippen LogP contribution in [0.15, 0.2) is 12.4 Å². The van der Waals surface area contributed by atoms with E-state index in [1.165, 1.54) is 17.3 Å². The molecule has 5 amide bonds. The molecule has 1 unspecified atom stereocenters. The van der Waals surface area contributed by atoms with Crippen LogP contribution in [0.3, 0.4) is 0 Å². The highest BCUT2D eigenvalue weighted by molar-refractivity contribution is 6.38. The zero-order valence-electron chi connectivity index (χ0n) is 27.6. The molecule has 254 valence electrons. The lowest BCUT2D eigenvalue weighted by atomic mass is 9.83. The van der Waals surface area contributed by atoms with E-state index in [9.17, 15) is 28.8 Å². The van der Waals surface area contributed by atoms with Crippen LogP contribution in [0.1, 0.15) is 109 Å². The summed E-state index contributed by atoms with van der Waals surface area (Å²) < 4.78 is 0. The number of amides is 5. The van der Waals surface area contributed by atoms with Crippen molar-refractivity contribution in [1.82, 2.24) is 36.1 Å². The fourth-order valence-electron chi connectivity index (χ4n) is 6.74. The molecule has 3 fully saturated rings. The molecule has 0 spiro atoms. The Balaban J connectivity index is 1.50. The molecular weight excluding hydrogens is 590 g/mol. The summed E-state index contributed by atoms with van der Waals surface area (Å²) in [6, 6.07) is -3.61. The van der Waals surface area contributed by atoms with Crippen molar-refractivity contribution in [2.24, 2.45) is 17.8 Å². The standard InChI is InChI=1S/C33H51N7O6/c1-5-10-23(27(41)31(44)36-22-13-14-22)37-30(43)26-20(6-2)15-18-40(26)33(46)24(19(3)4)38-29(42)25(21-11-8-7-9-12-21)39-32(45)28-34-16-17-35-28/h16-17,19-26H,5-15,18H2,1-4H3,(H,34,35)(H,36,44)(H,37,43)(H,38,42)(H,39,45)/t20-,23?,24-,25-,26-/m0/s1. The Hall–Kier alpha value is -3.77. The molecule has 1 aromatic rings. The van der Waals surface area contributed by atoms with E-state index in [1.54, 1.807) is 0 Å². The van der Waals surface area contributed by atoms with Crippen LogP contribution in [0.25, 0.3) is 0 Å². The third-order valence-corrected chi connectivity index (χ3v) is 9.58. The summed E-state index contributed by atoms with van der Waals surface area (Å²) in [6.45, 7) is 7.81. The number of Topliss-reactive ketones (excluding diaryl/α,β-unsaturated/α-hetero) is 1. The van der Waals surface area contributed by atoms with E-state index in [-0.39, 0.29) is 35.5 Å². The number of hydrogen-bond acceptors (Lipinski definition) is 7. The van der Waals surface area contributed by atoms with Crippen molar-refractivity contribution in [3.05, 3.63) is 18.2 Å². The minimum absolute atomic E-state index is 0.0150. The van der Waals surface area contributed by atoms with Crippen LogP contribution in [0.4, 0.5) is 0 Å². The number of H-pyrrole nitrogens is 1. The van der Waals surface area contributed by atoms with Crippen molar-refractivity contribution in [3.8, 4) is 0 Å². The third-order valence-electron chi connectivity index (χ3n) is 9.58. The van der Waals surface area contributed by atoms with Gasteiger partial charge in [-0.2, -0.15) is 0 Å². The lowest BCUT2D eigenvalue weighted by Gasteiger charge is -2.35. The number of aromatic nitrogens is 2. The number of aromatic amines is 1. The van der Waals surface area contributed by atoms with Crippen LogP contribution in [-0.4, -0.2) is 86.9 Å². The van der Waals surface area contributed by atoms with E-state index in [2.05, 4.69) is 31.2 Å². The van der Waals surface area contributed by atoms with Crippen molar-refractivity contribution in [1.29, 1.82) is 0 Å². The van der Waals surface area contributed by atoms with Gasteiger partial charge in [0, 0.05) is 25.0 Å². The topological polar surface area (TPSA) is 182 Å². The number of nitrogens with one attached hydrogen (secondary N) is 5. The van der Waals surface area contributed by atoms with Gasteiger partial charge in [0.15, 0.2) is 5.82 Å². The van der Waals surface area contributed by atoms with E-state index < -0.39 is 53.6 Å². The van der Waals surface area contributed by atoms with Crippen LogP contribution >= 0.6 is 0 Å². The second-order valence-electron chi connectivity index (χ2n) is 13.4. The first-order valence-electron chi connectivity index (χ1n) is 17.1. The van der Waals surface area contributed by atoms with Gasteiger partial charge in [0.2, 0.25) is 23.5 Å². The molecule has 3 aliphatic rings. The molecule has 5 N–H and O–H groups in total. The lowest BCUT2D eigenvalue weighted by Crippen LogP contribution is -2.60. The molecule has 5 atom stereocenters. The maximum Gasteiger partial charge on any atom is 0.289 e. The molecule has 0 radical (unpaired) electrons. The summed E-state index contributed by atoms with van der Waals surface area (Å²) in [6.07, 6.45) is 11.3. The van der Waals surface area contributed by atoms with Gasteiger partial charge >= 0.3 is 0 Å². The monoisotopic (exact) mass is 641 g/mol. The molecule has 0 bridgehead atoms. The minimum atomic E-state index is -0.985. The number of nitrogens with zero attached hydrogens (tertiary/aromatic N) is 2. The van der Waals surface area contributed by atoms with Gasteiger partial charge in [-0.3, -0.25) is 28.8 Å². The van der Waals surface area contributed by atoms with E-state index in [4.69, 9.17) is 0 Å². The average molecular weight is 642 g/mol. The first-order chi connectivity index (χ1) is 22.0. The quantitative estimate of drug-likeness (QED) is 0.182. The molecule has 1 aromatic heterocycles. The first kappa shape index (κ1) is 35.1. The lowest BCUT2D eigenvalue weighted by molar-refractivity contribution is -0.145. The van der Waals surface area contributed by atoms with Crippen LogP contribution in [0, 0.1) is 17.8 Å². The van der Waals surface area contributed by atoms with Crippen LogP contribution in [-0.2, 0) is 24.0 Å². The molecule has 0 aromatic carbocycles. The van der Waals surface area contributed by atoms with Crippen molar-refractivity contribution in [2.45, 2.75) is 129 Å². The fourth-order valence-corrected chi connectivity index (χ4v) is 6.74. The molecule has 13 heteroatoms. The number of hydrogen-bond donors (Lipinski definition) is 5. The van der Waals surface area contributed by atoms with E-state index in [0.29, 0.717) is 32.2 Å². The van der Waals surface area contributed by atoms with Gasteiger partial charge in [0.25, 0.3) is 11.8 Å². The summed E-state index contributed by atoms with van der Waals surface area (Å²) in [4.78, 5) is 88.6. The SMILES string of the molecule is CCCC(NC(=O)[C@@H]1[C@@H](CC)CCN1C(=O)[C@@H](NC(=O)[C@@H](NC(=O)c1ncc[nH]1)C1CCCCC1)C(C)C)C(=O)C(=O)NC1CC1. The second kappa shape index (κ2) is 16.2. The van der Waals surface area contributed by atoms with E-state index >= 15 is 0 Å². The fraction of sp³-hybridized carbons (Fsp3) is 0.727. The van der Waals surface area contributed by atoms with Gasteiger partial charge in [-0.25, -0.2) is 4.98 Å². The molecule has 46 heavy (non-hydrogen) atoms. The summed E-state index contributed by atoms with van der Waals surface area (Å²) in [5.41, 5.74) is 0. The molecule has 4 rings (SSSR count). The number of carbonyl (C=O) groups is 6. The Morgan fingerprint density at radius 2 is 1.67 bits per heavy atom. The predicted molar refractivity (Wildman–Crippen MR) is 170 cm³/mol. The Labute approximate surface area is 271 Å². The highest BCUT2D eigenvalue weighted by atomic mass is 16.2. The van der Waals surface area contributed by atoms with Crippen LogP contribution in [0.2, 0.25) is 0 Å². The van der Waals surface area contributed by atoms with Gasteiger partial charge in [-0.15, -0.1) is 0 Å². The molecule has 13 nitrogen and oxygen atoms in total. The summed E-state index contributed by atoms with van der Waals surface area (Å²) >= 11 is 0. The maximum atomic E-state index is 14.2. The van der Waals surface area contributed by atoms with E-state index in [1.807, 2.05) is 27.7 Å². The Bertz CT molecular complexity index is 1240. The molecule has 1 aliphatic heterocycles. The molecule has 2 heterocycles. The summed E-state index contributed by atoms with van der Waals surface area (Å²) in [7, 11) is 0. The number of carbonyl (C=O) groups excluding carboxylic acids is 6. The van der Waals surface area contributed by atoms with E-state index in [0.717, 1.165) is 44.9 Å². The third kappa shape index (κ3) is 8.73. The minimum Gasteiger partial charge on any atom is -0.347 e. The smallest absolute Gasteiger partial charge is 0.289 e.